The highest BCUT2D eigenvalue weighted by molar-refractivity contribution is 7.13. The molecule has 6 heteroatoms. The SMILES string of the molecule is Cc1nc(C)c(C(=O)N2CCC3(CC2)CC(CCOCC2CC2)CCO3)s1. The van der Waals surface area contributed by atoms with Gasteiger partial charge in [0.2, 0.25) is 0 Å². The van der Waals surface area contributed by atoms with Gasteiger partial charge in [-0.05, 0) is 70.6 Å². The zero-order valence-electron chi connectivity index (χ0n) is 16.7. The Labute approximate surface area is 166 Å². The molecular formula is C21H32N2O3S. The average Bonchev–Trinajstić information content (AvgIpc) is 3.42. The molecule has 150 valence electrons. The Morgan fingerprint density at radius 1 is 1.26 bits per heavy atom. The van der Waals surface area contributed by atoms with E-state index in [0.29, 0.717) is 5.92 Å². The fraction of sp³-hybridized carbons (Fsp3) is 0.810. The lowest BCUT2D eigenvalue weighted by molar-refractivity contribution is -0.126. The molecule has 5 nitrogen and oxygen atoms in total. The Morgan fingerprint density at radius 3 is 2.70 bits per heavy atom. The van der Waals surface area contributed by atoms with Gasteiger partial charge in [-0.1, -0.05) is 0 Å². The van der Waals surface area contributed by atoms with E-state index in [1.54, 1.807) is 0 Å². The monoisotopic (exact) mass is 392 g/mol. The molecule has 0 N–H and O–H groups in total. The number of carbonyl (C=O) groups excluding carboxylic acids is 1. The third-order valence-corrected chi connectivity index (χ3v) is 7.44. The van der Waals surface area contributed by atoms with Gasteiger partial charge >= 0.3 is 0 Å². The van der Waals surface area contributed by atoms with Crippen molar-refractivity contribution < 1.29 is 14.3 Å². The number of aromatic nitrogens is 1. The van der Waals surface area contributed by atoms with E-state index < -0.39 is 0 Å². The first-order chi connectivity index (χ1) is 13.0. The maximum absolute atomic E-state index is 12.8. The molecule has 2 saturated heterocycles. The number of likely N-dealkylation sites (tertiary alicyclic amines) is 1. The molecule has 3 aliphatic rings. The van der Waals surface area contributed by atoms with Crippen LogP contribution >= 0.6 is 11.3 Å². The van der Waals surface area contributed by atoms with Gasteiger partial charge in [0.15, 0.2) is 0 Å². The minimum absolute atomic E-state index is 0.0190. The zero-order chi connectivity index (χ0) is 18.9. The van der Waals surface area contributed by atoms with Crippen LogP contribution in [0.2, 0.25) is 0 Å². The summed E-state index contributed by atoms with van der Waals surface area (Å²) >= 11 is 1.51. The van der Waals surface area contributed by atoms with Crippen molar-refractivity contribution in [1.29, 1.82) is 0 Å². The van der Waals surface area contributed by atoms with E-state index in [1.807, 2.05) is 18.7 Å². The molecule has 1 aromatic heterocycles. The van der Waals surface area contributed by atoms with E-state index in [4.69, 9.17) is 9.47 Å². The summed E-state index contributed by atoms with van der Waals surface area (Å²) in [6, 6.07) is 0. The molecule has 1 spiro atoms. The molecule has 4 rings (SSSR count). The number of hydrogen-bond acceptors (Lipinski definition) is 5. The van der Waals surface area contributed by atoms with Crippen molar-refractivity contribution in [1.82, 2.24) is 9.88 Å². The predicted octanol–water partition coefficient (Wildman–Crippen LogP) is 3.98. The number of hydrogen-bond donors (Lipinski definition) is 0. The third kappa shape index (κ3) is 4.72. The Morgan fingerprint density at radius 2 is 2.04 bits per heavy atom. The van der Waals surface area contributed by atoms with Gasteiger partial charge in [-0.2, -0.15) is 0 Å². The van der Waals surface area contributed by atoms with Crippen molar-refractivity contribution in [3.63, 3.8) is 0 Å². The Bertz CT molecular complexity index is 662. The summed E-state index contributed by atoms with van der Waals surface area (Å²) in [5.41, 5.74) is 0.845. The van der Waals surface area contributed by atoms with Gasteiger partial charge in [-0.25, -0.2) is 4.98 Å². The number of amides is 1. The van der Waals surface area contributed by atoms with Crippen molar-refractivity contribution in [2.45, 2.75) is 64.4 Å². The normalized spacial score (nSPS) is 25.1. The second-order valence-electron chi connectivity index (χ2n) is 8.64. The Kier molecular flexibility index (Phi) is 5.86. The highest BCUT2D eigenvalue weighted by Crippen LogP contribution is 2.39. The zero-order valence-corrected chi connectivity index (χ0v) is 17.5. The molecule has 27 heavy (non-hydrogen) atoms. The fourth-order valence-corrected chi connectivity index (χ4v) is 5.39. The summed E-state index contributed by atoms with van der Waals surface area (Å²) in [5, 5.41) is 0.965. The van der Waals surface area contributed by atoms with Crippen molar-refractivity contribution in [2.75, 3.05) is 32.9 Å². The summed E-state index contributed by atoms with van der Waals surface area (Å²) in [5.74, 6) is 1.69. The summed E-state index contributed by atoms with van der Waals surface area (Å²) in [4.78, 5) is 20.0. The van der Waals surface area contributed by atoms with Crippen LogP contribution in [0.4, 0.5) is 0 Å². The Balaban J connectivity index is 1.26. The van der Waals surface area contributed by atoms with Gasteiger partial charge in [-0.3, -0.25) is 4.79 Å². The maximum atomic E-state index is 12.8. The molecule has 1 aliphatic carbocycles. The van der Waals surface area contributed by atoms with Crippen LogP contribution in [0.1, 0.15) is 65.3 Å². The molecule has 0 radical (unpaired) electrons. The second kappa shape index (κ2) is 8.18. The number of aryl methyl sites for hydroxylation is 2. The molecule has 1 aromatic rings. The molecule has 1 unspecified atom stereocenters. The molecule has 1 atom stereocenters. The van der Waals surface area contributed by atoms with Crippen LogP contribution in [0.25, 0.3) is 0 Å². The number of piperidine rings is 1. The number of ether oxygens (including phenoxy) is 2. The van der Waals surface area contributed by atoms with E-state index in [0.717, 1.165) is 86.5 Å². The predicted molar refractivity (Wildman–Crippen MR) is 106 cm³/mol. The second-order valence-corrected chi connectivity index (χ2v) is 9.84. The summed E-state index contributed by atoms with van der Waals surface area (Å²) in [7, 11) is 0. The quantitative estimate of drug-likeness (QED) is 0.687. The number of rotatable bonds is 6. The first-order valence-electron chi connectivity index (χ1n) is 10.5. The molecule has 0 bridgehead atoms. The first-order valence-corrected chi connectivity index (χ1v) is 11.3. The molecule has 3 fully saturated rings. The molecule has 3 heterocycles. The number of nitrogens with zero attached hydrogens (tertiary/aromatic N) is 2. The van der Waals surface area contributed by atoms with Gasteiger partial charge in [0, 0.05) is 32.9 Å². The smallest absolute Gasteiger partial charge is 0.265 e. The summed E-state index contributed by atoms with van der Waals surface area (Å²) < 4.78 is 12.1. The lowest BCUT2D eigenvalue weighted by atomic mass is 9.78. The fourth-order valence-electron chi connectivity index (χ4n) is 4.50. The lowest BCUT2D eigenvalue weighted by Crippen LogP contribution is -2.50. The summed E-state index contributed by atoms with van der Waals surface area (Å²) in [6.07, 6.45) is 8.05. The average molecular weight is 393 g/mol. The van der Waals surface area contributed by atoms with Gasteiger partial charge in [0.25, 0.3) is 5.91 Å². The molecule has 2 aliphatic heterocycles. The van der Waals surface area contributed by atoms with Crippen LogP contribution in [0.15, 0.2) is 0 Å². The standard InChI is InChI=1S/C21H32N2O3S/c1-15-19(27-16(2)22-15)20(24)23-9-7-21(8-10-23)13-17(6-12-26-21)5-11-25-14-18-3-4-18/h17-18H,3-14H2,1-2H3. The van der Waals surface area contributed by atoms with Gasteiger partial charge < -0.3 is 14.4 Å². The van der Waals surface area contributed by atoms with E-state index in [-0.39, 0.29) is 11.5 Å². The number of thiazole rings is 1. The third-order valence-electron chi connectivity index (χ3n) is 6.38. The van der Waals surface area contributed by atoms with Crippen LogP contribution in [-0.4, -0.2) is 54.3 Å². The van der Waals surface area contributed by atoms with Crippen LogP contribution in [-0.2, 0) is 9.47 Å². The number of carbonyl (C=O) groups is 1. The molecule has 1 saturated carbocycles. The highest BCUT2D eigenvalue weighted by atomic mass is 32.1. The topological polar surface area (TPSA) is 51.7 Å². The largest absolute Gasteiger partial charge is 0.381 e. The van der Waals surface area contributed by atoms with Crippen LogP contribution in [0.5, 0.6) is 0 Å². The van der Waals surface area contributed by atoms with Crippen molar-refractivity contribution in [2.24, 2.45) is 11.8 Å². The van der Waals surface area contributed by atoms with E-state index in [9.17, 15) is 4.79 Å². The molecule has 0 aromatic carbocycles. The van der Waals surface area contributed by atoms with Crippen molar-refractivity contribution >= 4 is 17.2 Å². The van der Waals surface area contributed by atoms with Gasteiger partial charge in [0.1, 0.15) is 4.88 Å². The highest BCUT2D eigenvalue weighted by Gasteiger charge is 2.41. The minimum atomic E-state index is -0.0190. The van der Waals surface area contributed by atoms with Crippen molar-refractivity contribution in [3.05, 3.63) is 15.6 Å². The van der Waals surface area contributed by atoms with E-state index in [1.165, 1.54) is 24.2 Å². The van der Waals surface area contributed by atoms with Crippen molar-refractivity contribution in [3.8, 4) is 0 Å². The van der Waals surface area contributed by atoms with Crippen LogP contribution < -0.4 is 0 Å². The van der Waals surface area contributed by atoms with Gasteiger partial charge in [0.05, 0.1) is 16.3 Å². The maximum Gasteiger partial charge on any atom is 0.265 e. The van der Waals surface area contributed by atoms with Gasteiger partial charge in [-0.15, -0.1) is 11.3 Å². The first kappa shape index (κ1) is 19.3. The minimum Gasteiger partial charge on any atom is -0.381 e. The van der Waals surface area contributed by atoms with Crippen LogP contribution in [0, 0.1) is 25.7 Å². The molecule has 1 amide bonds. The molecular weight excluding hydrogens is 360 g/mol. The van der Waals surface area contributed by atoms with E-state index in [2.05, 4.69) is 4.98 Å². The van der Waals surface area contributed by atoms with Crippen LogP contribution in [0.3, 0.4) is 0 Å². The van der Waals surface area contributed by atoms with E-state index >= 15 is 0 Å². The lowest BCUT2D eigenvalue weighted by Gasteiger charge is -2.46. The Hall–Kier alpha value is -0.980. The summed E-state index contributed by atoms with van der Waals surface area (Å²) in [6.45, 7) is 8.19.